The van der Waals surface area contributed by atoms with Crippen molar-refractivity contribution in [2.24, 2.45) is 0 Å². The fourth-order valence-electron chi connectivity index (χ4n) is 5.22. The van der Waals surface area contributed by atoms with Crippen LogP contribution in [0.4, 0.5) is 11.4 Å². The maximum atomic E-state index is 6.82. The Kier molecular flexibility index (Phi) is 5.23. The van der Waals surface area contributed by atoms with E-state index in [4.69, 9.17) is 15.9 Å². The van der Waals surface area contributed by atoms with E-state index in [1.165, 1.54) is 80.9 Å². The van der Waals surface area contributed by atoms with Crippen molar-refractivity contribution in [2.75, 3.05) is 11.5 Å². The number of rotatable bonds is 4. The summed E-state index contributed by atoms with van der Waals surface area (Å²) in [5.74, 6) is 2.12. The van der Waals surface area contributed by atoms with Gasteiger partial charge in [-0.1, -0.05) is 38.5 Å². The average molecular weight is 353 g/mol. The van der Waals surface area contributed by atoms with Crippen molar-refractivity contribution < 1.29 is 4.42 Å². The summed E-state index contributed by atoms with van der Waals surface area (Å²) < 4.78 is 5.66. The molecule has 1 aromatic carbocycles. The van der Waals surface area contributed by atoms with Gasteiger partial charge in [0.15, 0.2) is 0 Å². The van der Waals surface area contributed by atoms with E-state index in [9.17, 15) is 0 Å². The molecule has 2 fully saturated rings. The van der Waals surface area contributed by atoms with Crippen molar-refractivity contribution in [2.45, 2.75) is 82.5 Å². The predicted octanol–water partition coefficient (Wildman–Crippen LogP) is 6.13. The molecule has 2 aliphatic carbocycles. The van der Waals surface area contributed by atoms with E-state index in [0.29, 0.717) is 11.8 Å². The van der Waals surface area contributed by atoms with E-state index in [1.54, 1.807) is 6.26 Å². The summed E-state index contributed by atoms with van der Waals surface area (Å²) in [7, 11) is 0. The lowest BCUT2D eigenvalue weighted by atomic mass is 9.76. The van der Waals surface area contributed by atoms with E-state index in [2.05, 4.69) is 12.1 Å². The lowest BCUT2D eigenvalue weighted by molar-refractivity contribution is 0.438. The maximum absolute atomic E-state index is 6.82. The Morgan fingerprint density at radius 2 is 1.54 bits per heavy atom. The Morgan fingerprint density at radius 3 is 2.15 bits per heavy atom. The lowest BCUT2D eigenvalue weighted by Gasteiger charge is -2.30. The minimum absolute atomic E-state index is 0.527. The summed E-state index contributed by atoms with van der Waals surface area (Å²) in [6.07, 6.45) is 15.4. The second kappa shape index (κ2) is 7.77. The zero-order valence-corrected chi connectivity index (χ0v) is 15.8. The number of benzene rings is 1. The van der Waals surface area contributed by atoms with Gasteiger partial charge in [0.05, 0.1) is 6.26 Å². The molecule has 0 spiro atoms. The van der Waals surface area contributed by atoms with Crippen molar-refractivity contribution in [3.05, 3.63) is 46.9 Å². The van der Waals surface area contributed by atoms with Crippen molar-refractivity contribution >= 4 is 11.4 Å². The zero-order valence-electron chi connectivity index (χ0n) is 15.8. The normalized spacial score (nSPS) is 19.7. The minimum atomic E-state index is 0.527. The summed E-state index contributed by atoms with van der Waals surface area (Å²) in [5, 5.41) is 0. The van der Waals surface area contributed by atoms with Gasteiger partial charge in [-0.05, 0) is 66.8 Å². The summed E-state index contributed by atoms with van der Waals surface area (Å²) >= 11 is 0. The second-order valence-electron chi connectivity index (χ2n) is 8.29. The highest BCUT2D eigenvalue weighted by Gasteiger charge is 2.27. The first-order valence-electron chi connectivity index (χ1n) is 10.5. The Morgan fingerprint density at radius 1 is 0.885 bits per heavy atom. The van der Waals surface area contributed by atoms with E-state index in [-0.39, 0.29) is 0 Å². The molecule has 4 rings (SSSR count). The first kappa shape index (κ1) is 17.5. The Bertz CT molecular complexity index is 723. The summed E-state index contributed by atoms with van der Waals surface area (Å²) in [4.78, 5) is 0. The van der Waals surface area contributed by atoms with Crippen molar-refractivity contribution in [3.8, 4) is 0 Å². The van der Waals surface area contributed by atoms with E-state index >= 15 is 0 Å². The number of anilines is 2. The molecule has 0 bridgehead atoms. The van der Waals surface area contributed by atoms with E-state index in [1.807, 2.05) is 6.07 Å². The monoisotopic (exact) mass is 352 g/mol. The molecular formula is C23H32N2O. The van der Waals surface area contributed by atoms with Gasteiger partial charge in [0.25, 0.3) is 0 Å². The van der Waals surface area contributed by atoms with Crippen LogP contribution >= 0.6 is 0 Å². The first-order chi connectivity index (χ1) is 12.7. The molecule has 0 amide bonds. The smallest absolute Gasteiger partial charge is 0.108 e. The number of hydrogen-bond acceptors (Lipinski definition) is 3. The number of hydrogen-bond donors (Lipinski definition) is 2. The van der Waals surface area contributed by atoms with E-state index < -0.39 is 0 Å². The molecule has 2 aliphatic rings. The highest BCUT2D eigenvalue weighted by molar-refractivity contribution is 5.70. The summed E-state index contributed by atoms with van der Waals surface area (Å²) in [6.45, 7) is 0. The third kappa shape index (κ3) is 3.49. The highest BCUT2D eigenvalue weighted by Crippen LogP contribution is 2.45. The van der Waals surface area contributed by atoms with Crippen LogP contribution in [0.3, 0.4) is 0 Å². The average Bonchev–Trinajstić information content (AvgIpc) is 3.19. The topological polar surface area (TPSA) is 65.2 Å². The molecule has 2 aromatic rings. The van der Waals surface area contributed by atoms with Gasteiger partial charge in [-0.2, -0.15) is 0 Å². The van der Waals surface area contributed by atoms with Crippen LogP contribution in [-0.2, 0) is 6.42 Å². The number of nitrogen functional groups attached to an aromatic ring is 2. The molecule has 140 valence electrons. The lowest BCUT2D eigenvalue weighted by Crippen LogP contribution is -2.16. The standard InChI is InChI=1S/C23H32N2O/c24-21-15-19(16-8-3-1-4-9-16)20(14-18-12-7-13-26-18)23(25)22(21)17-10-5-2-6-11-17/h7,12-13,15-17H,1-6,8-11,14,24-25H2. The molecule has 2 saturated carbocycles. The van der Waals surface area contributed by atoms with E-state index in [0.717, 1.165) is 23.6 Å². The number of furan rings is 1. The molecular weight excluding hydrogens is 320 g/mol. The zero-order chi connectivity index (χ0) is 17.9. The molecule has 3 nitrogen and oxygen atoms in total. The van der Waals surface area contributed by atoms with Gasteiger partial charge in [-0.3, -0.25) is 0 Å². The van der Waals surface area contributed by atoms with Crippen molar-refractivity contribution in [3.63, 3.8) is 0 Å². The van der Waals surface area contributed by atoms with Crippen molar-refractivity contribution in [1.29, 1.82) is 0 Å². The minimum Gasteiger partial charge on any atom is -0.469 e. The van der Waals surface area contributed by atoms with Crippen LogP contribution in [0, 0.1) is 0 Å². The van der Waals surface area contributed by atoms with Crippen LogP contribution in [0.2, 0.25) is 0 Å². The Labute approximate surface area is 157 Å². The van der Waals surface area contributed by atoms with Crippen LogP contribution < -0.4 is 11.5 Å². The predicted molar refractivity (Wildman–Crippen MR) is 108 cm³/mol. The fourth-order valence-corrected chi connectivity index (χ4v) is 5.22. The third-order valence-electron chi connectivity index (χ3n) is 6.58. The second-order valence-corrected chi connectivity index (χ2v) is 8.29. The van der Waals surface area contributed by atoms with Crippen LogP contribution in [-0.4, -0.2) is 0 Å². The van der Waals surface area contributed by atoms with Crippen LogP contribution in [0.5, 0.6) is 0 Å². The van der Waals surface area contributed by atoms with Gasteiger partial charge in [0.1, 0.15) is 5.76 Å². The SMILES string of the molecule is Nc1cc(C2CCCCC2)c(Cc2ccco2)c(N)c1C1CCCCC1. The fraction of sp³-hybridized carbons (Fsp3) is 0.565. The molecule has 0 radical (unpaired) electrons. The summed E-state index contributed by atoms with van der Waals surface area (Å²) in [5.41, 5.74) is 19.2. The quantitative estimate of drug-likeness (QED) is 0.650. The third-order valence-corrected chi connectivity index (χ3v) is 6.58. The molecule has 4 N–H and O–H groups in total. The van der Waals surface area contributed by atoms with Gasteiger partial charge in [-0.25, -0.2) is 0 Å². The molecule has 0 aliphatic heterocycles. The van der Waals surface area contributed by atoms with Gasteiger partial charge < -0.3 is 15.9 Å². The van der Waals surface area contributed by atoms with Gasteiger partial charge in [0, 0.05) is 23.4 Å². The highest BCUT2D eigenvalue weighted by atomic mass is 16.3. The van der Waals surface area contributed by atoms with Gasteiger partial charge in [-0.15, -0.1) is 0 Å². The van der Waals surface area contributed by atoms with Crippen LogP contribution in [0.25, 0.3) is 0 Å². The van der Waals surface area contributed by atoms with Crippen LogP contribution in [0.15, 0.2) is 28.9 Å². The Hall–Kier alpha value is -1.90. The summed E-state index contributed by atoms with van der Waals surface area (Å²) in [6, 6.07) is 6.29. The van der Waals surface area contributed by atoms with Gasteiger partial charge in [0.2, 0.25) is 0 Å². The maximum Gasteiger partial charge on any atom is 0.108 e. The van der Waals surface area contributed by atoms with Crippen LogP contribution in [0.1, 0.15) is 98.5 Å². The molecule has 3 heteroatoms. The molecule has 1 aromatic heterocycles. The molecule has 26 heavy (non-hydrogen) atoms. The largest absolute Gasteiger partial charge is 0.469 e. The van der Waals surface area contributed by atoms with Gasteiger partial charge >= 0.3 is 0 Å². The number of nitrogens with two attached hydrogens (primary N) is 2. The molecule has 0 atom stereocenters. The molecule has 1 heterocycles. The Balaban J connectivity index is 1.77. The first-order valence-corrected chi connectivity index (χ1v) is 10.5. The molecule has 0 unspecified atom stereocenters. The molecule has 0 saturated heterocycles. The van der Waals surface area contributed by atoms with Crippen molar-refractivity contribution in [1.82, 2.24) is 0 Å².